The van der Waals surface area contributed by atoms with Crippen LogP contribution in [0.3, 0.4) is 0 Å². The van der Waals surface area contributed by atoms with E-state index < -0.39 is 0 Å². The van der Waals surface area contributed by atoms with Crippen LogP contribution in [0.15, 0.2) is 48.1 Å². The second-order valence-corrected chi connectivity index (χ2v) is 6.91. The first-order valence-electron chi connectivity index (χ1n) is 8.39. The molecule has 0 fully saturated rings. The van der Waals surface area contributed by atoms with Crippen molar-refractivity contribution in [3.63, 3.8) is 0 Å². The monoisotopic (exact) mass is 288 g/mol. The van der Waals surface area contributed by atoms with Crippen LogP contribution in [-0.4, -0.2) is 0 Å². The predicted molar refractivity (Wildman–Crippen MR) is 98.6 cm³/mol. The van der Waals surface area contributed by atoms with Crippen molar-refractivity contribution in [2.45, 2.75) is 73.6 Å². The molecule has 0 aromatic rings. The van der Waals surface area contributed by atoms with Crippen molar-refractivity contribution < 1.29 is 0 Å². The van der Waals surface area contributed by atoms with Crippen LogP contribution in [0.25, 0.3) is 0 Å². The Bertz CT molecular complexity index is 390. The van der Waals surface area contributed by atoms with Crippen molar-refractivity contribution in [2.75, 3.05) is 0 Å². The summed E-state index contributed by atoms with van der Waals surface area (Å²) in [5.74, 6) is 0.576. The summed E-state index contributed by atoms with van der Waals surface area (Å²) in [5, 5.41) is 0. The third-order valence-corrected chi connectivity index (χ3v) is 4.53. The van der Waals surface area contributed by atoms with Gasteiger partial charge in [0.2, 0.25) is 0 Å². The van der Waals surface area contributed by atoms with Crippen LogP contribution < -0.4 is 0 Å². The minimum Gasteiger partial charge on any atom is -0.103 e. The highest BCUT2D eigenvalue weighted by molar-refractivity contribution is 5.28. The lowest BCUT2D eigenvalue weighted by Crippen LogP contribution is -2.20. The highest BCUT2D eigenvalue weighted by atomic mass is 14.3. The van der Waals surface area contributed by atoms with Gasteiger partial charge >= 0.3 is 0 Å². The van der Waals surface area contributed by atoms with Crippen LogP contribution in [0, 0.1) is 11.3 Å². The standard InChI is InChI=1S/C21H36/c1-9-15-21(8,16-14-17(4)5)20(19(7)11-3)13-12-18(6)10-2/h10-11,14,18H,2-3,9,12-13,15-16H2,1,4-8H3. The van der Waals surface area contributed by atoms with Gasteiger partial charge in [-0.1, -0.05) is 68.7 Å². The molecule has 0 radical (unpaired) electrons. The van der Waals surface area contributed by atoms with Crippen LogP contribution in [0.2, 0.25) is 0 Å². The molecular weight excluding hydrogens is 252 g/mol. The lowest BCUT2D eigenvalue weighted by atomic mass is 9.71. The lowest BCUT2D eigenvalue weighted by Gasteiger charge is -2.34. The molecule has 0 heterocycles. The Kier molecular flexibility index (Phi) is 9.33. The maximum atomic E-state index is 4.00. The van der Waals surface area contributed by atoms with Crippen LogP contribution in [0.5, 0.6) is 0 Å². The average molecular weight is 289 g/mol. The zero-order chi connectivity index (χ0) is 16.5. The Labute approximate surface area is 133 Å². The van der Waals surface area contributed by atoms with Crippen molar-refractivity contribution in [1.29, 1.82) is 0 Å². The van der Waals surface area contributed by atoms with Crippen LogP contribution in [-0.2, 0) is 0 Å². The zero-order valence-electron chi connectivity index (χ0n) is 15.3. The summed E-state index contributed by atoms with van der Waals surface area (Å²) in [7, 11) is 0. The molecule has 0 aliphatic heterocycles. The van der Waals surface area contributed by atoms with Gasteiger partial charge < -0.3 is 0 Å². The van der Waals surface area contributed by atoms with E-state index in [1.54, 1.807) is 5.57 Å². The van der Waals surface area contributed by atoms with Crippen molar-refractivity contribution in [3.05, 3.63) is 48.1 Å². The van der Waals surface area contributed by atoms with Crippen LogP contribution in [0.4, 0.5) is 0 Å². The molecule has 0 aliphatic carbocycles. The van der Waals surface area contributed by atoms with E-state index in [0.717, 1.165) is 12.8 Å². The fraction of sp³-hybridized carbons (Fsp3) is 0.619. The quantitative estimate of drug-likeness (QED) is 0.293. The zero-order valence-corrected chi connectivity index (χ0v) is 15.3. The first-order chi connectivity index (χ1) is 9.80. The molecule has 0 N–H and O–H groups in total. The molecular formula is C21H36. The first-order valence-corrected chi connectivity index (χ1v) is 8.39. The Hall–Kier alpha value is -1.04. The fourth-order valence-corrected chi connectivity index (χ4v) is 2.95. The Morgan fingerprint density at radius 3 is 2.24 bits per heavy atom. The lowest BCUT2D eigenvalue weighted by molar-refractivity contribution is 0.344. The van der Waals surface area contributed by atoms with Gasteiger partial charge in [0.05, 0.1) is 0 Å². The highest BCUT2D eigenvalue weighted by Gasteiger charge is 2.28. The van der Waals surface area contributed by atoms with Crippen molar-refractivity contribution in [3.8, 4) is 0 Å². The molecule has 0 aromatic heterocycles. The molecule has 0 saturated carbocycles. The molecule has 21 heavy (non-hydrogen) atoms. The topological polar surface area (TPSA) is 0 Å². The smallest absolute Gasteiger partial charge is 0.00762 e. The second kappa shape index (κ2) is 9.82. The highest BCUT2D eigenvalue weighted by Crippen LogP contribution is 2.41. The van der Waals surface area contributed by atoms with E-state index in [2.05, 4.69) is 66.9 Å². The van der Waals surface area contributed by atoms with E-state index >= 15 is 0 Å². The van der Waals surface area contributed by atoms with Gasteiger partial charge in [-0.3, -0.25) is 0 Å². The Morgan fingerprint density at radius 1 is 1.19 bits per heavy atom. The first kappa shape index (κ1) is 20.0. The molecule has 0 amide bonds. The fourth-order valence-electron chi connectivity index (χ4n) is 2.95. The molecule has 0 heteroatoms. The van der Waals surface area contributed by atoms with Gasteiger partial charge in [-0.05, 0) is 57.8 Å². The molecule has 0 nitrogen and oxygen atoms in total. The van der Waals surface area contributed by atoms with E-state index in [1.807, 2.05) is 6.08 Å². The minimum atomic E-state index is 0.255. The van der Waals surface area contributed by atoms with Gasteiger partial charge in [-0.15, -0.1) is 6.58 Å². The van der Waals surface area contributed by atoms with Gasteiger partial charge in [-0.2, -0.15) is 0 Å². The Balaban J connectivity index is 5.44. The molecule has 0 spiro atoms. The van der Waals surface area contributed by atoms with E-state index in [9.17, 15) is 0 Å². The van der Waals surface area contributed by atoms with Crippen LogP contribution in [0.1, 0.15) is 73.6 Å². The molecule has 0 bridgehead atoms. The number of allylic oxidation sites excluding steroid dienone is 6. The third kappa shape index (κ3) is 6.98. The van der Waals surface area contributed by atoms with Gasteiger partial charge in [0, 0.05) is 0 Å². The molecule has 0 saturated heterocycles. The van der Waals surface area contributed by atoms with Crippen LogP contribution >= 0.6 is 0 Å². The average Bonchev–Trinajstić information content (AvgIpc) is 2.45. The van der Waals surface area contributed by atoms with E-state index in [-0.39, 0.29) is 5.41 Å². The maximum absolute atomic E-state index is 4.00. The maximum Gasteiger partial charge on any atom is -0.00762 e. The number of rotatable bonds is 10. The SMILES string of the molecule is C=CC(C)=C(CCC(C)C=C)C(C)(CC=C(C)C)CCC. The largest absolute Gasteiger partial charge is 0.103 e. The number of hydrogen-bond donors (Lipinski definition) is 0. The van der Waals surface area contributed by atoms with Gasteiger partial charge in [0.1, 0.15) is 0 Å². The molecule has 120 valence electrons. The van der Waals surface area contributed by atoms with Gasteiger partial charge in [0.25, 0.3) is 0 Å². The summed E-state index contributed by atoms with van der Waals surface area (Å²) >= 11 is 0. The van der Waals surface area contributed by atoms with E-state index in [4.69, 9.17) is 0 Å². The van der Waals surface area contributed by atoms with Crippen molar-refractivity contribution in [2.24, 2.45) is 11.3 Å². The summed E-state index contributed by atoms with van der Waals surface area (Å²) < 4.78 is 0. The van der Waals surface area contributed by atoms with Gasteiger partial charge in [-0.25, -0.2) is 0 Å². The van der Waals surface area contributed by atoms with Gasteiger partial charge in [0.15, 0.2) is 0 Å². The number of hydrogen-bond acceptors (Lipinski definition) is 0. The second-order valence-electron chi connectivity index (χ2n) is 6.91. The van der Waals surface area contributed by atoms with Crippen molar-refractivity contribution in [1.82, 2.24) is 0 Å². The molecule has 0 aromatic carbocycles. The molecule has 0 rings (SSSR count). The normalized spacial score (nSPS) is 16.5. The predicted octanol–water partition coefficient (Wildman–Crippen LogP) is 7.25. The third-order valence-electron chi connectivity index (χ3n) is 4.53. The molecule has 2 atom stereocenters. The van der Waals surface area contributed by atoms with E-state index in [1.165, 1.54) is 30.4 Å². The molecule has 0 aliphatic rings. The summed E-state index contributed by atoms with van der Waals surface area (Å²) in [6, 6.07) is 0. The summed E-state index contributed by atoms with van der Waals surface area (Å²) in [4.78, 5) is 0. The molecule has 2 unspecified atom stereocenters. The van der Waals surface area contributed by atoms with E-state index in [0.29, 0.717) is 5.92 Å². The summed E-state index contributed by atoms with van der Waals surface area (Å²) in [5.41, 5.74) is 4.62. The summed E-state index contributed by atoms with van der Waals surface area (Å²) in [6.45, 7) is 21.5. The Morgan fingerprint density at radius 2 is 1.81 bits per heavy atom. The van der Waals surface area contributed by atoms with Crippen molar-refractivity contribution >= 4 is 0 Å². The minimum absolute atomic E-state index is 0.255. The summed E-state index contributed by atoms with van der Waals surface area (Å²) in [6.07, 6.45) is 12.4.